The molecule has 62 valence electrons. The number of aliphatic hydroxyl groups excluding tert-OH is 2. The Morgan fingerprint density at radius 2 is 1.80 bits per heavy atom. The first-order chi connectivity index (χ1) is 4.63. The van der Waals surface area contributed by atoms with Crippen LogP contribution < -0.4 is 0 Å². The molecule has 0 fully saturated rings. The largest absolute Gasteiger partial charge is 0.396 e. The highest BCUT2D eigenvalue weighted by Gasteiger charge is 2.18. The second-order valence-electron chi connectivity index (χ2n) is 3.09. The van der Waals surface area contributed by atoms with Crippen LogP contribution >= 0.6 is 0 Å². The molecule has 2 atom stereocenters. The minimum Gasteiger partial charge on any atom is -0.396 e. The first-order valence-electron chi connectivity index (χ1n) is 3.92. The third kappa shape index (κ3) is 2.67. The van der Waals surface area contributed by atoms with E-state index in [-0.39, 0.29) is 24.5 Å². The molecule has 0 aliphatic rings. The number of hydrogen-bond donors (Lipinski definition) is 2. The van der Waals surface area contributed by atoms with Crippen LogP contribution in [-0.2, 0) is 0 Å². The third-order valence-corrected chi connectivity index (χ3v) is 1.92. The van der Waals surface area contributed by atoms with E-state index in [0.29, 0.717) is 0 Å². The lowest BCUT2D eigenvalue weighted by atomic mass is 9.92. The first kappa shape index (κ1) is 9.92. The summed E-state index contributed by atoms with van der Waals surface area (Å²) in [4.78, 5) is 0. The molecule has 0 heterocycles. The van der Waals surface area contributed by atoms with Gasteiger partial charge in [0.25, 0.3) is 0 Å². The summed E-state index contributed by atoms with van der Waals surface area (Å²) in [6.07, 6.45) is 0.491. The Labute approximate surface area is 62.9 Å². The Morgan fingerprint density at radius 3 is 1.90 bits per heavy atom. The van der Waals surface area contributed by atoms with Crippen LogP contribution in [0, 0.1) is 11.8 Å². The molecule has 0 amide bonds. The maximum atomic E-state index is 9.43. The summed E-state index contributed by atoms with van der Waals surface area (Å²) in [5, 5.41) is 18.2. The minimum atomic E-state index is -0.352. The van der Waals surface area contributed by atoms with Gasteiger partial charge in [0.15, 0.2) is 0 Å². The van der Waals surface area contributed by atoms with Crippen LogP contribution in [0.4, 0.5) is 0 Å². The highest BCUT2D eigenvalue weighted by atomic mass is 16.3. The van der Waals surface area contributed by atoms with Crippen LogP contribution in [0.25, 0.3) is 0 Å². The van der Waals surface area contributed by atoms with Crippen molar-refractivity contribution in [2.24, 2.45) is 11.8 Å². The average molecular weight is 146 g/mol. The highest BCUT2D eigenvalue weighted by molar-refractivity contribution is 4.69. The summed E-state index contributed by atoms with van der Waals surface area (Å²) in [7, 11) is 0. The van der Waals surface area contributed by atoms with E-state index in [1.54, 1.807) is 0 Å². The number of hydrogen-bond acceptors (Lipinski definition) is 2. The molecule has 2 heteroatoms. The molecule has 2 N–H and O–H groups in total. The van der Waals surface area contributed by atoms with Gasteiger partial charge in [0, 0.05) is 12.5 Å². The predicted octanol–water partition coefficient (Wildman–Crippen LogP) is 1.02. The van der Waals surface area contributed by atoms with E-state index in [1.165, 1.54) is 0 Å². The van der Waals surface area contributed by atoms with Crippen molar-refractivity contribution in [1.82, 2.24) is 0 Å². The Balaban J connectivity index is 3.76. The van der Waals surface area contributed by atoms with Gasteiger partial charge in [-0.3, -0.25) is 0 Å². The van der Waals surface area contributed by atoms with Gasteiger partial charge >= 0.3 is 0 Å². The molecule has 0 saturated heterocycles. The van der Waals surface area contributed by atoms with Crippen molar-refractivity contribution in [1.29, 1.82) is 0 Å². The fraction of sp³-hybridized carbons (Fsp3) is 1.00. The number of aliphatic hydroxyl groups is 2. The molecule has 0 aromatic heterocycles. The monoisotopic (exact) mass is 146 g/mol. The van der Waals surface area contributed by atoms with Crippen molar-refractivity contribution in [3.8, 4) is 0 Å². The Morgan fingerprint density at radius 1 is 1.30 bits per heavy atom. The van der Waals surface area contributed by atoms with Gasteiger partial charge in [-0.05, 0) is 12.3 Å². The van der Waals surface area contributed by atoms with Gasteiger partial charge in [0.05, 0.1) is 6.10 Å². The van der Waals surface area contributed by atoms with Crippen molar-refractivity contribution in [2.45, 2.75) is 33.3 Å². The summed E-state index contributed by atoms with van der Waals surface area (Å²) in [6.45, 7) is 5.99. The van der Waals surface area contributed by atoms with E-state index in [9.17, 15) is 5.11 Å². The smallest absolute Gasteiger partial charge is 0.0613 e. The molecular formula is C8H18O2. The van der Waals surface area contributed by atoms with Crippen molar-refractivity contribution in [3.05, 3.63) is 0 Å². The second-order valence-corrected chi connectivity index (χ2v) is 3.09. The Kier molecular flexibility index (Phi) is 4.65. The lowest BCUT2D eigenvalue weighted by Gasteiger charge is -2.22. The molecule has 0 aliphatic heterocycles. The van der Waals surface area contributed by atoms with Gasteiger partial charge in [0.2, 0.25) is 0 Å². The van der Waals surface area contributed by atoms with E-state index in [4.69, 9.17) is 5.11 Å². The van der Waals surface area contributed by atoms with Crippen LogP contribution in [0.2, 0.25) is 0 Å². The maximum absolute atomic E-state index is 9.43. The maximum Gasteiger partial charge on any atom is 0.0613 e. The fourth-order valence-corrected chi connectivity index (χ4v) is 1.02. The van der Waals surface area contributed by atoms with E-state index in [1.807, 2.05) is 20.8 Å². The SMILES string of the molecule is CC[C@H](CO)[C@H](O)C(C)C. The molecule has 2 nitrogen and oxygen atoms in total. The van der Waals surface area contributed by atoms with E-state index in [2.05, 4.69) is 0 Å². The summed E-state index contributed by atoms with van der Waals surface area (Å²) in [5.74, 6) is 0.303. The molecular weight excluding hydrogens is 128 g/mol. The van der Waals surface area contributed by atoms with Crippen LogP contribution in [0.5, 0.6) is 0 Å². The zero-order chi connectivity index (χ0) is 8.15. The van der Waals surface area contributed by atoms with Crippen molar-refractivity contribution >= 4 is 0 Å². The van der Waals surface area contributed by atoms with Gasteiger partial charge in [0.1, 0.15) is 0 Å². The zero-order valence-electron chi connectivity index (χ0n) is 7.04. The zero-order valence-corrected chi connectivity index (χ0v) is 7.04. The van der Waals surface area contributed by atoms with Crippen LogP contribution in [0.3, 0.4) is 0 Å². The molecule has 0 rings (SSSR count). The van der Waals surface area contributed by atoms with Gasteiger partial charge in [-0.25, -0.2) is 0 Å². The Hall–Kier alpha value is -0.0800. The van der Waals surface area contributed by atoms with Gasteiger partial charge in [-0.15, -0.1) is 0 Å². The van der Waals surface area contributed by atoms with E-state index < -0.39 is 0 Å². The molecule has 0 bridgehead atoms. The molecule has 0 spiro atoms. The lowest BCUT2D eigenvalue weighted by molar-refractivity contribution is 0.0321. The fourth-order valence-electron chi connectivity index (χ4n) is 1.02. The summed E-state index contributed by atoms with van der Waals surface area (Å²) in [5.41, 5.74) is 0. The van der Waals surface area contributed by atoms with Crippen molar-refractivity contribution < 1.29 is 10.2 Å². The first-order valence-corrected chi connectivity index (χ1v) is 3.92. The van der Waals surface area contributed by atoms with Crippen molar-refractivity contribution in [3.63, 3.8) is 0 Å². The summed E-state index contributed by atoms with van der Waals surface area (Å²) >= 11 is 0. The standard InChI is InChI=1S/C8H18O2/c1-4-7(5-9)8(10)6(2)3/h6-10H,4-5H2,1-3H3/t7-,8-/m1/s1. The lowest BCUT2D eigenvalue weighted by Crippen LogP contribution is -2.27. The molecule has 0 unspecified atom stereocenters. The molecule has 0 aromatic rings. The van der Waals surface area contributed by atoms with Gasteiger partial charge < -0.3 is 10.2 Å². The molecule has 0 aliphatic carbocycles. The number of rotatable bonds is 4. The molecule has 0 radical (unpaired) electrons. The molecule has 10 heavy (non-hydrogen) atoms. The van der Waals surface area contributed by atoms with Gasteiger partial charge in [-0.1, -0.05) is 20.8 Å². The molecule has 0 aromatic carbocycles. The van der Waals surface area contributed by atoms with E-state index >= 15 is 0 Å². The van der Waals surface area contributed by atoms with Crippen LogP contribution in [0.1, 0.15) is 27.2 Å². The highest BCUT2D eigenvalue weighted by Crippen LogP contribution is 2.14. The molecule has 0 saturated carbocycles. The van der Waals surface area contributed by atoms with Crippen molar-refractivity contribution in [2.75, 3.05) is 6.61 Å². The normalized spacial score (nSPS) is 17.4. The second kappa shape index (κ2) is 4.69. The van der Waals surface area contributed by atoms with Crippen LogP contribution in [-0.4, -0.2) is 22.9 Å². The Bertz CT molecular complexity index is 77.3. The minimum absolute atomic E-state index is 0.0556. The quantitative estimate of drug-likeness (QED) is 0.621. The summed E-state index contributed by atoms with van der Waals surface area (Å²) in [6, 6.07) is 0. The average Bonchev–Trinajstić information content (AvgIpc) is 1.90. The van der Waals surface area contributed by atoms with Gasteiger partial charge in [-0.2, -0.15) is 0 Å². The van der Waals surface area contributed by atoms with E-state index in [0.717, 1.165) is 6.42 Å². The van der Waals surface area contributed by atoms with Crippen LogP contribution in [0.15, 0.2) is 0 Å². The third-order valence-electron chi connectivity index (χ3n) is 1.92. The predicted molar refractivity (Wildman–Crippen MR) is 41.7 cm³/mol. The topological polar surface area (TPSA) is 40.5 Å². The summed E-state index contributed by atoms with van der Waals surface area (Å²) < 4.78 is 0.